The van der Waals surface area contributed by atoms with E-state index in [1.807, 2.05) is 0 Å². The van der Waals surface area contributed by atoms with Crippen molar-refractivity contribution in [1.82, 2.24) is 9.29 Å². The number of carboxylic acids is 1. The minimum atomic E-state index is -3.88. The molecule has 22 heavy (non-hydrogen) atoms. The van der Waals surface area contributed by atoms with Crippen LogP contribution in [-0.2, 0) is 14.8 Å². The first-order valence-corrected chi connectivity index (χ1v) is 8.46. The van der Waals surface area contributed by atoms with Crippen LogP contribution in [0.3, 0.4) is 0 Å². The van der Waals surface area contributed by atoms with Crippen molar-refractivity contribution >= 4 is 26.8 Å². The molecule has 2 aromatic rings. The summed E-state index contributed by atoms with van der Waals surface area (Å²) in [5.74, 6) is -1.10. The van der Waals surface area contributed by atoms with Crippen molar-refractivity contribution in [2.24, 2.45) is 0 Å². The minimum Gasteiger partial charge on any atom is -0.480 e. The van der Waals surface area contributed by atoms with E-state index in [4.69, 9.17) is 0 Å². The Labute approximate surface area is 128 Å². The molecule has 2 atom stereocenters. The molecule has 0 aliphatic carbocycles. The average Bonchev–Trinajstić information content (AvgIpc) is 2.89. The van der Waals surface area contributed by atoms with Crippen molar-refractivity contribution in [3.63, 3.8) is 0 Å². The second-order valence-corrected chi connectivity index (χ2v) is 7.28. The summed E-state index contributed by atoms with van der Waals surface area (Å²) in [6.45, 7) is 1.74. The molecule has 0 spiro atoms. The Balaban J connectivity index is 2.18. The van der Waals surface area contributed by atoms with E-state index < -0.39 is 22.0 Å². The third-order valence-corrected chi connectivity index (χ3v) is 6.16. The van der Waals surface area contributed by atoms with Crippen LogP contribution in [0, 0.1) is 0 Å². The van der Waals surface area contributed by atoms with Gasteiger partial charge >= 0.3 is 5.97 Å². The van der Waals surface area contributed by atoms with Crippen LogP contribution < -0.4 is 0 Å². The van der Waals surface area contributed by atoms with Crippen molar-refractivity contribution in [2.75, 3.05) is 0 Å². The van der Waals surface area contributed by atoms with E-state index in [1.54, 1.807) is 31.3 Å². The van der Waals surface area contributed by atoms with Crippen LogP contribution in [0.1, 0.15) is 19.8 Å². The molecule has 1 fully saturated rings. The van der Waals surface area contributed by atoms with Crippen molar-refractivity contribution in [3.8, 4) is 0 Å². The highest BCUT2D eigenvalue weighted by atomic mass is 32.2. The normalized spacial score (nSPS) is 23.0. The van der Waals surface area contributed by atoms with Crippen molar-refractivity contribution in [3.05, 3.63) is 36.7 Å². The summed E-state index contributed by atoms with van der Waals surface area (Å²) >= 11 is 0. The van der Waals surface area contributed by atoms with Gasteiger partial charge in [0.2, 0.25) is 10.0 Å². The third-order valence-electron chi connectivity index (χ3n) is 4.08. The van der Waals surface area contributed by atoms with Gasteiger partial charge in [-0.15, -0.1) is 0 Å². The molecule has 0 bridgehead atoms. The fraction of sp³-hybridized carbons (Fsp3) is 0.333. The van der Waals surface area contributed by atoms with Crippen LogP contribution in [-0.4, -0.2) is 40.9 Å². The molecule has 1 saturated heterocycles. The summed E-state index contributed by atoms with van der Waals surface area (Å²) in [6.07, 6.45) is 4.00. The summed E-state index contributed by atoms with van der Waals surface area (Å²) < 4.78 is 27.2. The van der Waals surface area contributed by atoms with Gasteiger partial charge in [0.05, 0.1) is 4.90 Å². The molecule has 0 unspecified atom stereocenters. The standard InChI is InChI=1S/C15H16N2O4S/c1-10-5-6-13(15(18)19)17(10)22(20,21)14-4-2-3-11-9-16-8-7-12(11)14/h2-4,7-10,13H,5-6H2,1H3,(H,18,19)/t10-,13-/m1/s1. The quantitative estimate of drug-likeness (QED) is 0.932. The molecule has 1 aliphatic rings. The zero-order valence-electron chi connectivity index (χ0n) is 12.0. The van der Waals surface area contributed by atoms with Gasteiger partial charge in [0.1, 0.15) is 6.04 Å². The Bertz CT molecular complexity index is 829. The van der Waals surface area contributed by atoms with Gasteiger partial charge < -0.3 is 5.11 Å². The molecule has 1 N–H and O–H groups in total. The van der Waals surface area contributed by atoms with Gasteiger partial charge in [0.25, 0.3) is 0 Å². The first-order valence-electron chi connectivity index (χ1n) is 7.02. The Morgan fingerprint density at radius 2 is 2.09 bits per heavy atom. The Morgan fingerprint density at radius 1 is 1.32 bits per heavy atom. The SMILES string of the molecule is C[C@@H]1CC[C@H](C(=O)O)N1S(=O)(=O)c1cccc2cnccc12. The number of hydrogen-bond acceptors (Lipinski definition) is 4. The monoisotopic (exact) mass is 320 g/mol. The Hall–Kier alpha value is -1.99. The summed E-state index contributed by atoms with van der Waals surface area (Å²) in [6, 6.07) is 5.25. The zero-order valence-corrected chi connectivity index (χ0v) is 12.8. The predicted octanol–water partition coefficient (Wildman–Crippen LogP) is 1.86. The van der Waals surface area contributed by atoms with Crippen molar-refractivity contribution < 1.29 is 18.3 Å². The number of carboxylic acid groups (broad SMARTS) is 1. The third kappa shape index (κ3) is 2.26. The Morgan fingerprint density at radius 3 is 2.82 bits per heavy atom. The number of aromatic nitrogens is 1. The summed E-state index contributed by atoms with van der Waals surface area (Å²) in [4.78, 5) is 15.5. The van der Waals surface area contributed by atoms with Crippen molar-refractivity contribution in [2.45, 2.75) is 36.7 Å². The molecule has 0 saturated carbocycles. The van der Waals surface area contributed by atoms with E-state index in [0.29, 0.717) is 23.6 Å². The maximum atomic E-state index is 13.0. The average molecular weight is 320 g/mol. The van der Waals surface area contributed by atoms with Gasteiger partial charge in [0, 0.05) is 29.2 Å². The lowest BCUT2D eigenvalue weighted by Crippen LogP contribution is -2.43. The van der Waals surface area contributed by atoms with Crippen LogP contribution in [0.15, 0.2) is 41.6 Å². The summed E-state index contributed by atoms with van der Waals surface area (Å²) in [5.41, 5.74) is 0. The van der Waals surface area contributed by atoms with E-state index in [2.05, 4.69) is 4.98 Å². The lowest BCUT2D eigenvalue weighted by molar-refractivity contribution is -0.140. The van der Waals surface area contributed by atoms with Gasteiger partial charge in [-0.1, -0.05) is 12.1 Å². The molecular formula is C15H16N2O4S. The maximum absolute atomic E-state index is 13.0. The van der Waals surface area contributed by atoms with Gasteiger partial charge in [-0.2, -0.15) is 4.31 Å². The van der Waals surface area contributed by atoms with Gasteiger partial charge in [0.15, 0.2) is 0 Å². The molecule has 0 radical (unpaired) electrons. The van der Waals surface area contributed by atoms with E-state index >= 15 is 0 Å². The largest absolute Gasteiger partial charge is 0.480 e. The van der Waals surface area contributed by atoms with Gasteiger partial charge in [-0.3, -0.25) is 9.78 Å². The minimum absolute atomic E-state index is 0.132. The first-order chi connectivity index (χ1) is 10.4. The fourth-order valence-electron chi connectivity index (χ4n) is 3.03. The van der Waals surface area contributed by atoms with Gasteiger partial charge in [-0.05, 0) is 31.9 Å². The number of pyridine rings is 1. The lowest BCUT2D eigenvalue weighted by Gasteiger charge is -2.25. The second-order valence-electron chi connectivity index (χ2n) is 5.47. The summed E-state index contributed by atoms with van der Waals surface area (Å²) in [5, 5.41) is 10.6. The lowest BCUT2D eigenvalue weighted by atomic mass is 10.2. The summed E-state index contributed by atoms with van der Waals surface area (Å²) in [7, 11) is -3.88. The second kappa shape index (κ2) is 5.33. The number of rotatable bonds is 3. The molecule has 1 aliphatic heterocycles. The van der Waals surface area contributed by atoms with Crippen LogP contribution >= 0.6 is 0 Å². The highest BCUT2D eigenvalue weighted by Gasteiger charge is 2.44. The molecule has 3 rings (SSSR count). The zero-order chi connectivity index (χ0) is 15.9. The number of fused-ring (bicyclic) bond motifs is 1. The predicted molar refractivity (Wildman–Crippen MR) is 80.9 cm³/mol. The maximum Gasteiger partial charge on any atom is 0.322 e. The molecule has 116 valence electrons. The van der Waals surface area contributed by atoms with E-state index in [9.17, 15) is 18.3 Å². The topological polar surface area (TPSA) is 87.6 Å². The number of sulfonamides is 1. The molecule has 1 aromatic heterocycles. The van der Waals surface area contributed by atoms with Crippen LogP contribution in [0.4, 0.5) is 0 Å². The van der Waals surface area contributed by atoms with Crippen molar-refractivity contribution in [1.29, 1.82) is 0 Å². The van der Waals surface area contributed by atoms with E-state index in [1.165, 1.54) is 12.3 Å². The molecule has 6 nitrogen and oxygen atoms in total. The smallest absolute Gasteiger partial charge is 0.322 e. The van der Waals surface area contributed by atoms with E-state index in [0.717, 1.165) is 4.31 Å². The fourth-order valence-corrected chi connectivity index (χ4v) is 5.08. The number of hydrogen-bond donors (Lipinski definition) is 1. The molecular weight excluding hydrogens is 304 g/mol. The molecule has 2 heterocycles. The van der Waals surface area contributed by atoms with Gasteiger partial charge in [-0.25, -0.2) is 8.42 Å². The first kappa shape index (κ1) is 14.9. The van der Waals surface area contributed by atoms with Crippen LogP contribution in [0.5, 0.6) is 0 Å². The number of carbonyl (C=O) groups is 1. The van der Waals surface area contributed by atoms with Crippen LogP contribution in [0.25, 0.3) is 10.8 Å². The van der Waals surface area contributed by atoms with E-state index in [-0.39, 0.29) is 10.9 Å². The Kier molecular flexibility index (Phi) is 3.62. The number of benzene rings is 1. The molecule has 0 amide bonds. The highest BCUT2D eigenvalue weighted by Crippen LogP contribution is 2.33. The molecule has 7 heteroatoms. The number of nitrogens with zero attached hydrogens (tertiary/aromatic N) is 2. The number of aliphatic carboxylic acids is 1. The molecule has 1 aromatic carbocycles. The highest BCUT2D eigenvalue weighted by molar-refractivity contribution is 7.89. The van der Waals surface area contributed by atoms with Crippen LogP contribution in [0.2, 0.25) is 0 Å².